The number of halogens is 2. The van der Waals surface area contributed by atoms with Crippen LogP contribution < -0.4 is 10.6 Å². The summed E-state index contributed by atoms with van der Waals surface area (Å²) in [5.41, 5.74) is 0.145. The molecule has 3 N–H and O–H groups in total. The molecule has 1 aromatic carbocycles. The van der Waals surface area contributed by atoms with Crippen LogP contribution in [-0.4, -0.2) is 44.2 Å². The van der Waals surface area contributed by atoms with E-state index in [0.717, 1.165) is 12.1 Å². The highest BCUT2D eigenvalue weighted by Gasteiger charge is 2.27. The Kier molecular flexibility index (Phi) is 5.53. The second-order valence-electron chi connectivity index (χ2n) is 5.55. The maximum Gasteiger partial charge on any atom is 0.314 e. The van der Waals surface area contributed by atoms with Gasteiger partial charge in [0, 0.05) is 13.1 Å². The third-order valence-electron chi connectivity index (χ3n) is 3.66. The monoisotopic (exact) mass is 348 g/mol. The molecular formula is C14H18F2N2O4S. The number of rotatable bonds is 5. The molecule has 0 aliphatic carbocycles. The molecule has 9 heteroatoms. The first kappa shape index (κ1) is 17.6. The fourth-order valence-corrected chi connectivity index (χ4v) is 4.22. The van der Waals surface area contributed by atoms with E-state index in [9.17, 15) is 27.1 Å². The maximum absolute atomic E-state index is 13.1. The number of amides is 2. The van der Waals surface area contributed by atoms with Gasteiger partial charge >= 0.3 is 6.03 Å². The lowest BCUT2D eigenvalue weighted by Crippen LogP contribution is -2.40. The fourth-order valence-electron chi connectivity index (χ4n) is 2.36. The Hall–Kier alpha value is -1.74. The SMILES string of the molecule is O=C(NC[C@@H]1CCS(=O)(=O)C1)NC[C@H](O)c1ccc(F)c(F)c1. The summed E-state index contributed by atoms with van der Waals surface area (Å²) in [5, 5.41) is 14.7. The first-order chi connectivity index (χ1) is 10.8. The summed E-state index contributed by atoms with van der Waals surface area (Å²) in [6, 6.07) is 2.43. The number of benzene rings is 1. The highest BCUT2D eigenvalue weighted by atomic mass is 32.2. The summed E-state index contributed by atoms with van der Waals surface area (Å²) in [7, 11) is -2.99. The van der Waals surface area contributed by atoms with Crippen LogP contribution >= 0.6 is 0 Å². The minimum absolute atomic E-state index is 0.0603. The zero-order valence-electron chi connectivity index (χ0n) is 12.3. The molecule has 2 atom stereocenters. The number of hydrogen-bond acceptors (Lipinski definition) is 4. The van der Waals surface area contributed by atoms with Gasteiger partial charge in [0.25, 0.3) is 0 Å². The normalized spacial score (nSPS) is 20.9. The summed E-state index contributed by atoms with van der Waals surface area (Å²) in [6.07, 6.45) is -0.664. The van der Waals surface area contributed by atoms with Crippen molar-refractivity contribution in [3.63, 3.8) is 0 Å². The van der Waals surface area contributed by atoms with Gasteiger partial charge < -0.3 is 15.7 Å². The van der Waals surface area contributed by atoms with Gasteiger partial charge in [-0.3, -0.25) is 0 Å². The summed E-state index contributed by atoms with van der Waals surface area (Å²) in [5.74, 6) is -2.01. The Morgan fingerprint density at radius 3 is 2.65 bits per heavy atom. The van der Waals surface area contributed by atoms with Crippen molar-refractivity contribution in [1.82, 2.24) is 10.6 Å². The van der Waals surface area contributed by atoms with E-state index in [2.05, 4.69) is 10.6 Å². The van der Waals surface area contributed by atoms with Gasteiger partial charge in [0.1, 0.15) is 0 Å². The molecule has 0 saturated carbocycles. The molecule has 0 radical (unpaired) electrons. The molecular weight excluding hydrogens is 330 g/mol. The lowest BCUT2D eigenvalue weighted by molar-refractivity contribution is 0.172. The Balaban J connectivity index is 1.74. The number of hydrogen-bond donors (Lipinski definition) is 3. The number of sulfone groups is 1. The smallest absolute Gasteiger partial charge is 0.314 e. The van der Waals surface area contributed by atoms with Crippen molar-refractivity contribution in [3.05, 3.63) is 35.4 Å². The Morgan fingerprint density at radius 1 is 1.30 bits per heavy atom. The first-order valence-corrected chi connectivity index (χ1v) is 8.94. The van der Waals surface area contributed by atoms with Gasteiger partial charge in [-0.15, -0.1) is 0 Å². The van der Waals surface area contributed by atoms with Crippen LogP contribution in [-0.2, 0) is 9.84 Å². The third-order valence-corrected chi connectivity index (χ3v) is 5.50. The van der Waals surface area contributed by atoms with Crippen molar-refractivity contribution in [2.45, 2.75) is 12.5 Å². The minimum Gasteiger partial charge on any atom is -0.387 e. The Bertz CT molecular complexity index is 681. The zero-order valence-corrected chi connectivity index (χ0v) is 13.1. The molecule has 6 nitrogen and oxygen atoms in total. The number of carbonyl (C=O) groups excluding carboxylic acids is 1. The van der Waals surface area contributed by atoms with E-state index in [1.165, 1.54) is 6.07 Å². The molecule has 0 bridgehead atoms. The molecule has 1 fully saturated rings. The number of nitrogens with one attached hydrogen (secondary N) is 2. The van der Waals surface area contributed by atoms with Gasteiger partial charge in [0.2, 0.25) is 0 Å². The minimum atomic E-state index is -2.99. The molecule has 1 aromatic rings. The van der Waals surface area contributed by atoms with E-state index in [4.69, 9.17) is 0 Å². The summed E-state index contributed by atoms with van der Waals surface area (Å²) in [4.78, 5) is 11.6. The summed E-state index contributed by atoms with van der Waals surface area (Å²) < 4.78 is 48.4. The Morgan fingerprint density at radius 2 is 2.04 bits per heavy atom. The van der Waals surface area contributed by atoms with Crippen LogP contribution in [0.5, 0.6) is 0 Å². The van der Waals surface area contributed by atoms with Crippen molar-refractivity contribution in [1.29, 1.82) is 0 Å². The first-order valence-electron chi connectivity index (χ1n) is 7.12. The van der Waals surface area contributed by atoms with Crippen molar-refractivity contribution in [2.24, 2.45) is 5.92 Å². The molecule has 1 aliphatic rings. The van der Waals surface area contributed by atoms with Gasteiger partial charge in [-0.2, -0.15) is 0 Å². The summed E-state index contributed by atoms with van der Waals surface area (Å²) in [6.45, 7) is 0.0478. The van der Waals surface area contributed by atoms with Gasteiger partial charge in [0.15, 0.2) is 21.5 Å². The largest absolute Gasteiger partial charge is 0.387 e. The molecule has 1 aliphatic heterocycles. The van der Waals surface area contributed by atoms with Crippen LogP contribution in [0.4, 0.5) is 13.6 Å². The fraction of sp³-hybridized carbons (Fsp3) is 0.500. The number of urea groups is 1. The second-order valence-corrected chi connectivity index (χ2v) is 7.78. The molecule has 2 rings (SSSR count). The van der Waals surface area contributed by atoms with Gasteiger partial charge in [0.05, 0.1) is 17.6 Å². The lowest BCUT2D eigenvalue weighted by atomic mass is 10.1. The Labute approximate surface area is 132 Å². The van der Waals surface area contributed by atoms with Crippen molar-refractivity contribution in [3.8, 4) is 0 Å². The average Bonchev–Trinajstić information content (AvgIpc) is 2.84. The number of aliphatic hydroxyl groups excluding tert-OH is 1. The average molecular weight is 348 g/mol. The summed E-state index contributed by atoms with van der Waals surface area (Å²) >= 11 is 0. The van der Waals surface area contributed by atoms with E-state index in [0.29, 0.717) is 6.42 Å². The van der Waals surface area contributed by atoms with Crippen LogP contribution in [0, 0.1) is 17.6 Å². The van der Waals surface area contributed by atoms with Gasteiger partial charge in [-0.05, 0) is 30.0 Å². The zero-order chi connectivity index (χ0) is 17.0. The topological polar surface area (TPSA) is 95.5 Å². The van der Waals surface area contributed by atoms with E-state index in [1.54, 1.807) is 0 Å². The third kappa shape index (κ3) is 5.14. The van der Waals surface area contributed by atoms with Crippen LogP contribution in [0.15, 0.2) is 18.2 Å². The van der Waals surface area contributed by atoms with Gasteiger partial charge in [-0.25, -0.2) is 22.0 Å². The molecule has 2 amide bonds. The van der Waals surface area contributed by atoms with E-state index in [1.807, 2.05) is 0 Å². The quantitative estimate of drug-likeness (QED) is 0.731. The van der Waals surface area contributed by atoms with E-state index >= 15 is 0 Å². The van der Waals surface area contributed by atoms with Crippen molar-refractivity contribution in [2.75, 3.05) is 24.6 Å². The van der Waals surface area contributed by atoms with E-state index < -0.39 is 33.6 Å². The van der Waals surface area contributed by atoms with Crippen LogP contribution in [0.3, 0.4) is 0 Å². The van der Waals surface area contributed by atoms with Gasteiger partial charge in [-0.1, -0.05) is 6.07 Å². The molecule has 1 heterocycles. The standard InChI is InChI=1S/C14H18F2N2O4S/c15-11-2-1-10(5-12(11)16)13(19)7-18-14(20)17-6-9-3-4-23(21,22)8-9/h1-2,5,9,13,19H,3-4,6-8H2,(H2,17,18,20)/t9-,13-/m0/s1. The van der Waals surface area contributed by atoms with Crippen LogP contribution in [0.1, 0.15) is 18.1 Å². The number of carbonyl (C=O) groups is 1. The highest BCUT2D eigenvalue weighted by Crippen LogP contribution is 2.17. The lowest BCUT2D eigenvalue weighted by Gasteiger charge is -2.14. The maximum atomic E-state index is 13.1. The van der Waals surface area contributed by atoms with Crippen LogP contribution in [0.25, 0.3) is 0 Å². The molecule has 23 heavy (non-hydrogen) atoms. The predicted octanol–water partition coefficient (Wildman–Crippen LogP) is 0.732. The molecule has 128 valence electrons. The molecule has 0 spiro atoms. The second kappa shape index (κ2) is 7.22. The van der Waals surface area contributed by atoms with Crippen molar-refractivity contribution < 1.29 is 27.1 Å². The van der Waals surface area contributed by atoms with Crippen LogP contribution in [0.2, 0.25) is 0 Å². The van der Waals surface area contributed by atoms with E-state index in [-0.39, 0.29) is 36.1 Å². The molecule has 1 saturated heterocycles. The highest BCUT2D eigenvalue weighted by molar-refractivity contribution is 7.91. The van der Waals surface area contributed by atoms with Crippen molar-refractivity contribution >= 4 is 15.9 Å². The predicted molar refractivity (Wildman–Crippen MR) is 79.5 cm³/mol. The number of aliphatic hydroxyl groups is 1. The molecule has 0 unspecified atom stereocenters. The molecule has 0 aromatic heterocycles.